The van der Waals surface area contributed by atoms with Gasteiger partial charge in [0, 0.05) is 31.9 Å². The molecule has 208 valence electrons. The monoisotopic (exact) mass is 567 g/mol. The lowest BCUT2D eigenvalue weighted by atomic mass is 9.87. The van der Waals surface area contributed by atoms with Gasteiger partial charge in [-0.25, -0.2) is 22.0 Å². The van der Waals surface area contributed by atoms with E-state index in [9.17, 15) is 26.7 Å². The number of benzene rings is 3. The lowest BCUT2D eigenvalue weighted by molar-refractivity contribution is -0.118. The van der Waals surface area contributed by atoms with Crippen molar-refractivity contribution >= 4 is 34.6 Å². The first-order valence-corrected chi connectivity index (χ1v) is 12.6. The van der Waals surface area contributed by atoms with Crippen LogP contribution < -0.4 is 19.9 Å². The molecule has 11 heteroatoms. The molecule has 1 aliphatic rings. The second-order valence-electron chi connectivity index (χ2n) is 10.2. The van der Waals surface area contributed by atoms with E-state index in [4.69, 9.17) is 16.3 Å². The Morgan fingerprint density at radius 2 is 1.38 bits per heavy atom. The summed E-state index contributed by atoms with van der Waals surface area (Å²) in [6.07, 6.45) is 0. The number of nitrogens with one attached hydrogen (secondary N) is 1. The van der Waals surface area contributed by atoms with Gasteiger partial charge in [-0.15, -0.1) is 0 Å². The molecule has 1 fully saturated rings. The fraction of sp³-hybridized carbons (Fsp3) is 0.321. The smallest absolute Gasteiger partial charge is 0.262 e. The quantitative estimate of drug-likeness (QED) is 0.205. The maximum atomic E-state index is 14.2. The zero-order valence-corrected chi connectivity index (χ0v) is 22.3. The van der Waals surface area contributed by atoms with Crippen LogP contribution in [0.25, 0.3) is 0 Å². The van der Waals surface area contributed by atoms with Gasteiger partial charge < -0.3 is 19.9 Å². The van der Waals surface area contributed by atoms with Crippen molar-refractivity contribution in [2.24, 2.45) is 0 Å². The summed E-state index contributed by atoms with van der Waals surface area (Å²) in [7, 11) is 0. The van der Waals surface area contributed by atoms with Crippen LogP contribution in [0, 0.1) is 29.1 Å². The summed E-state index contributed by atoms with van der Waals surface area (Å²) in [4.78, 5) is 15.3. The van der Waals surface area contributed by atoms with Gasteiger partial charge in [0.25, 0.3) is 5.91 Å². The molecule has 0 bridgehead atoms. The van der Waals surface area contributed by atoms with E-state index in [1.54, 1.807) is 18.2 Å². The fourth-order valence-electron chi connectivity index (χ4n) is 4.28. The highest BCUT2D eigenvalue weighted by Gasteiger charge is 2.31. The average molecular weight is 568 g/mol. The van der Waals surface area contributed by atoms with Crippen molar-refractivity contribution in [3.05, 3.63) is 82.1 Å². The molecule has 1 heterocycles. The van der Waals surface area contributed by atoms with Crippen molar-refractivity contribution < 1.29 is 31.5 Å². The van der Waals surface area contributed by atoms with Crippen LogP contribution >= 0.6 is 11.6 Å². The van der Waals surface area contributed by atoms with Crippen LogP contribution in [-0.2, 0) is 10.2 Å². The minimum atomic E-state index is -2.19. The molecule has 0 unspecified atom stereocenters. The van der Waals surface area contributed by atoms with Crippen molar-refractivity contribution in [1.82, 2.24) is 0 Å². The standard InChI is InChI=1S/C28H27ClF5N3O2/c1-28(2,3)16-4-7-18(8-5-16)39-15-21(38)35-17-6-9-20(19(29)14-17)36-10-12-37(13-11-36)27-25(33)23(31)22(30)24(32)26(27)34/h4-9,14H,10-13,15H2,1-3H3,(H,35,38). The number of halogens is 6. The number of piperazine rings is 1. The molecule has 5 nitrogen and oxygen atoms in total. The van der Waals surface area contributed by atoms with E-state index in [-0.39, 0.29) is 44.1 Å². The molecule has 39 heavy (non-hydrogen) atoms. The predicted molar refractivity (Wildman–Crippen MR) is 141 cm³/mol. The Morgan fingerprint density at radius 3 is 1.92 bits per heavy atom. The van der Waals surface area contributed by atoms with E-state index in [1.165, 1.54) is 0 Å². The van der Waals surface area contributed by atoms with E-state index in [0.29, 0.717) is 22.1 Å². The molecule has 1 N–H and O–H groups in total. The van der Waals surface area contributed by atoms with Gasteiger partial charge in [0.05, 0.1) is 10.7 Å². The Labute approximate surface area is 228 Å². The number of amides is 1. The molecule has 1 amide bonds. The molecule has 0 spiro atoms. The molecule has 0 radical (unpaired) electrons. The van der Waals surface area contributed by atoms with Crippen LogP contribution in [0.5, 0.6) is 5.75 Å². The topological polar surface area (TPSA) is 44.8 Å². The Balaban J connectivity index is 1.34. The molecule has 3 aromatic rings. The summed E-state index contributed by atoms with van der Waals surface area (Å²) >= 11 is 6.43. The number of hydrogen-bond acceptors (Lipinski definition) is 4. The predicted octanol–water partition coefficient (Wildman–Crippen LogP) is 6.68. The summed E-state index contributed by atoms with van der Waals surface area (Å²) in [6.45, 7) is 6.55. The Kier molecular flexibility index (Phi) is 8.25. The van der Waals surface area contributed by atoms with Gasteiger partial charge in [-0.1, -0.05) is 44.5 Å². The molecule has 1 aliphatic heterocycles. The van der Waals surface area contributed by atoms with E-state index >= 15 is 0 Å². The van der Waals surface area contributed by atoms with E-state index in [2.05, 4.69) is 26.1 Å². The number of carbonyl (C=O) groups is 1. The number of rotatable bonds is 6. The Morgan fingerprint density at radius 1 is 0.846 bits per heavy atom. The zero-order valence-electron chi connectivity index (χ0n) is 21.6. The van der Waals surface area contributed by atoms with Crippen LogP contribution in [0.4, 0.5) is 39.0 Å². The number of ether oxygens (including phenoxy) is 1. The molecular weight excluding hydrogens is 541 g/mol. The van der Waals surface area contributed by atoms with E-state index in [1.807, 2.05) is 29.2 Å². The molecule has 0 atom stereocenters. The molecule has 4 rings (SSSR count). The first-order chi connectivity index (χ1) is 18.4. The summed E-state index contributed by atoms with van der Waals surface area (Å²) in [5, 5.41) is 3.03. The maximum Gasteiger partial charge on any atom is 0.262 e. The van der Waals surface area contributed by atoms with Crippen LogP contribution in [0.2, 0.25) is 5.02 Å². The van der Waals surface area contributed by atoms with Gasteiger partial charge in [0.2, 0.25) is 5.82 Å². The molecule has 1 saturated heterocycles. The van der Waals surface area contributed by atoms with Gasteiger partial charge in [0.1, 0.15) is 11.4 Å². The highest BCUT2D eigenvalue weighted by molar-refractivity contribution is 6.33. The second-order valence-corrected chi connectivity index (χ2v) is 10.6. The first-order valence-electron chi connectivity index (χ1n) is 12.2. The third-order valence-electron chi connectivity index (χ3n) is 6.44. The SMILES string of the molecule is CC(C)(C)c1ccc(OCC(=O)Nc2ccc(N3CCN(c4c(F)c(F)c(F)c(F)c4F)CC3)c(Cl)c2)cc1. The van der Waals surface area contributed by atoms with Gasteiger partial charge in [-0.3, -0.25) is 4.79 Å². The Bertz CT molecular complexity index is 1340. The molecule has 0 aliphatic carbocycles. The summed E-state index contributed by atoms with van der Waals surface area (Å²) < 4.78 is 74.5. The van der Waals surface area contributed by atoms with Crippen LogP contribution in [0.1, 0.15) is 26.3 Å². The van der Waals surface area contributed by atoms with Crippen LogP contribution in [0.15, 0.2) is 42.5 Å². The van der Waals surface area contributed by atoms with Crippen LogP contribution in [0.3, 0.4) is 0 Å². The zero-order chi connectivity index (χ0) is 28.5. The Hall–Kier alpha value is -3.53. The fourth-order valence-corrected chi connectivity index (χ4v) is 4.58. The van der Waals surface area contributed by atoms with Gasteiger partial charge in [0.15, 0.2) is 29.9 Å². The first kappa shape index (κ1) is 28.5. The minimum Gasteiger partial charge on any atom is -0.484 e. The third-order valence-corrected chi connectivity index (χ3v) is 6.75. The molecule has 3 aromatic carbocycles. The number of hydrogen-bond donors (Lipinski definition) is 1. The molecule has 0 saturated carbocycles. The van der Waals surface area contributed by atoms with E-state index < -0.39 is 34.8 Å². The van der Waals surface area contributed by atoms with Crippen molar-refractivity contribution in [2.45, 2.75) is 26.2 Å². The lowest BCUT2D eigenvalue weighted by Gasteiger charge is -2.38. The largest absolute Gasteiger partial charge is 0.484 e. The van der Waals surface area contributed by atoms with Gasteiger partial charge >= 0.3 is 0 Å². The van der Waals surface area contributed by atoms with Crippen molar-refractivity contribution in [2.75, 3.05) is 47.9 Å². The summed E-state index contributed by atoms with van der Waals surface area (Å²) in [6, 6.07) is 12.4. The highest BCUT2D eigenvalue weighted by Crippen LogP contribution is 2.33. The van der Waals surface area contributed by atoms with E-state index in [0.717, 1.165) is 10.5 Å². The average Bonchev–Trinajstić information content (AvgIpc) is 2.90. The molecule has 0 aromatic heterocycles. The third kappa shape index (κ3) is 6.21. The number of carbonyl (C=O) groups excluding carboxylic acids is 1. The van der Waals surface area contributed by atoms with Crippen molar-refractivity contribution in [3.63, 3.8) is 0 Å². The normalized spacial score (nSPS) is 14.0. The van der Waals surface area contributed by atoms with Crippen LogP contribution in [-0.4, -0.2) is 38.7 Å². The highest BCUT2D eigenvalue weighted by atomic mass is 35.5. The summed E-state index contributed by atoms with van der Waals surface area (Å²) in [5.41, 5.74) is 1.25. The number of anilines is 3. The summed E-state index contributed by atoms with van der Waals surface area (Å²) in [5.74, 6) is -9.67. The van der Waals surface area contributed by atoms with Crippen molar-refractivity contribution in [1.29, 1.82) is 0 Å². The molecular formula is C28H27ClF5N3O2. The minimum absolute atomic E-state index is 0.00123. The van der Waals surface area contributed by atoms with Crippen molar-refractivity contribution in [3.8, 4) is 5.75 Å². The van der Waals surface area contributed by atoms with Gasteiger partial charge in [-0.2, -0.15) is 0 Å². The lowest BCUT2D eigenvalue weighted by Crippen LogP contribution is -2.47. The number of nitrogens with zero attached hydrogens (tertiary/aromatic N) is 2. The van der Waals surface area contributed by atoms with Gasteiger partial charge in [-0.05, 0) is 41.3 Å². The second kappa shape index (κ2) is 11.3. The maximum absolute atomic E-state index is 14.2.